The van der Waals surface area contributed by atoms with E-state index in [9.17, 15) is 0 Å². The van der Waals surface area contributed by atoms with Crippen molar-refractivity contribution in [2.75, 3.05) is 20.6 Å². The summed E-state index contributed by atoms with van der Waals surface area (Å²) in [6, 6.07) is 0. The molecular weight excluding hydrogens is 148 g/mol. The Morgan fingerprint density at radius 3 is 2.33 bits per heavy atom. The quantitative estimate of drug-likeness (QED) is 0.352. The van der Waals surface area contributed by atoms with E-state index in [4.69, 9.17) is 0 Å². The SMILES string of the molecule is CCCCCC(=NC)N(C)CC. The van der Waals surface area contributed by atoms with Crippen molar-refractivity contribution < 1.29 is 0 Å². The van der Waals surface area contributed by atoms with Gasteiger partial charge in [0.25, 0.3) is 0 Å². The number of hydrogen-bond acceptors (Lipinski definition) is 1. The molecular formula is C10H22N2. The molecule has 0 amide bonds. The Kier molecular flexibility index (Phi) is 6.82. The highest BCUT2D eigenvalue weighted by molar-refractivity contribution is 5.81. The maximum atomic E-state index is 4.27. The van der Waals surface area contributed by atoms with E-state index in [1.165, 1.54) is 25.1 Å². The molecule has 0 aliphatic carbocycles. The molecule has 0 aliphatic heterocycles. The maximum Gasteiger partial charge on any atom is 0.0982 e. The average molecular weight is 170 g/mol. The maximum absolute atomic E-state index is 4.27. The van der Waals surface area contributed by atoms with Gasteiger partial charge in [0.05, 0.1) is 5.84 Å². The lowest BCUT2D eigenvalue weighted by Crippen LogP contribution is -2.26. The van der Waals surface area contributed by atoms with Crippen molar-refractivity contribution in [1.29, 1.82) is 0 Å². The fourth-order valence-electron chi connectivity index (χ4n) is 1.19. The summed E-state index contributed by atoms with van der Waals surface area (Å²) in [5, 5.41) is 0. The third-order valence-electron chi connectivity index (χ3n) is 2.18. The molecule has 12 heavy (non-hydrogen) atoms. The molecule has 0 rings (SSSR count). The third-order valence-corrected chi connectivity index (χ3v) is 2.18. The van der Waals surface area contributed by atoms with Crippen molar-refractivity contribution in [1.82, 2.24) is 4.90 Å². The smallest absolute Gasteiger partial charge is 0.0982 e. The zero-order valence-electron chi connectivity index (χ0n) is 8.93. The predicted octanol–water partition coefficient (Wildman–Crippen LogP) is 2.55. The summed E-state index contributed by atoms with van der Waals surface area (Å²) in [7, 11) is 3.99. The van der Waals surface area contributed by atoms with E-state index < -0.39 is 0 Å². The lowest BCUT2D eigenvalue weighted by Gasteiger charge is -2.18. The molecule has 2 nitrogen and oxygen atoms in total. The molecule has 0 atom stereocenters. The van der Waals surface area contributed by atoms with E-state index in [0.717, 1.165) is 13.0 Å². The second kappa shape index (κ2) is 7.14. The Balaban J connectivity index is 3.69. The largest absolute Gasteiger partial charge is 0.364 e. The fraction of sp³-hybridized carbons (Fsp3) is 0.900. The van der Waals surface area contributed by atoms with Crippen molar-refractivity contribution in [2.45, 2.75) is 39.5 Å². The van der Waals surface area contributed by atoms with Crippen molar-refractivity contribution in [3.05, 3.63) is 0 Å². The monoisotopic (exact) mass is 170 g/mol. The summed E-state index contributed by atoms with van der Waals surface area (Å²) in [5.41, 5.74) is 0. The van der Waals surface area contributed by atoms with E-state index in [2.05, 4.69) is 30.8 Å². The first-order valence-corrected chi connectivity index (χ1v) is 4.93. The molecule has 0 N–H and O–H groups in total. The summed E-state index contributed by atoms with van der Waals surface area (Å²) >= 11 is 0. The van der Waals surface area contributed by atoms with Crippen LogP contribution in [0.15, 0.2) is 4.99 Å². The van der Waals surface area contributed by atoms with E-state index in [1.807, 2.05) is 7.05 Å². The van der Waals surface area contributed by atoms with Crippen LogP contribution in [0.25, 0.3) is 0 Å². The van der Waals surface area contributed by atoms with Crippen molar-refractivity contribution in [3.8, 4) is 0 Å². The Hall–Kier alpha value is -0.530. The number of unbranched alkanes of at least 4 members (excludes halogenated alkanes) is 2. The molecule has 72 valence electrons. The zero-order chi connectivity index (χ0) is 9.40. The molecule has 0 fully saturated rings. The molecule has 0 saturated carbocycles. The van der Waals surface area contributed by atoms with Crippen LogP contribution in [-0.4, -0.2) is 31.4 Å². The second-order valence-electron chi connectivity index (χ2n) is 3.11. The summed E-state index contributed by atoms with van der Waals surface area (Å²) in [6.45, 7) is 5.44. The van der Waals surface area contributed by atoms with Gasteiger partial charge in [-0.2, -0.15) is 0 Å². The van der Waals surface area contributed by atoms with Gasteiger partial charge in [-0.15, -0.1) is 0 Å². The van der Waals surface area contributed by atoms with Crippen molar-refractivity contribution in [3.63, 3.8) is 0 Å². The molecule has 0 saturated heterocycles. The predicted molar refractivity (Wildman–Crippen MR) is 55.8 cm³/mol. The van der Waals surface area contributed by atoms with Gasteiger partial charge in [0, 0.05) is 27.1 Å². The van der Waals surface area contributed by atoms with Crippen LogP contribution in [-0.2, 0) is 0 Å². The van der Waals surface area contributed by atoms with Gasteiger partial charge in [0.15, 0.2) is 0 Å². The minimum absolute atomic E-state index is 1.05. The van der Waals surface area contributed by atoms with E-state index in [-0.39, 0.29) is 0 Å². The number of amidine groups is 1. The lowest BCUT2D eigenvalue weighted by atomic mass is 10.2. The van der Waals surface area contributed by atoms with E-state index >= 15 is 0 Å². The van der Waals surface area contributed by atoms with Crippen LogP contribution in [0.1, 0.15) is 39.5 Å². The topological polar surface area (TPSA) is 15.6 Å². The summed E-state index contributed by atoms with van der Waals surface area (Å²) in [4.78, 5) is 6.49. The van der Waals surface area contributed by atoms with Crippen molar-refractivity contribution in [2.24, 2.45) is 4.99 Å². The van der Waals surface area contributed by atoms with Crippen LogP contribution < -0.4 is 0 Å². The Morgan fingerprint density at radius 2 is 1.92 bits per heavy atom. The third kappa shape index (κ3) is 4.37. The molecule has 0 aromatic carbocycles. The standard InChI is InChI=1S/C10H22N2/c1-5-7-8-9-10(11-3)12(4)6-2/h5-9H2,1-4H3. The van der Waals surface area contributed by atoms with Gasteiger partial charge < -0.3 is 4.90 Å². The van der Waals surface area contributed by atoms with Crippen LogP contribution in [0, 0.1) is 0 Å². The van der Waals surface area contributed by atoms with Crippen LogP contribution in [0.3, 0.4) is 0 Å². The molecule has 0 aromatic rings. The van der Waals surface area contributed by atoms with Crippen LogP contribution in [0.4, 0.5) is 0 Å². The van der Waals surface area contributed by atoms with Gasteiger partial charge in [0.1, 0.15) is 0 Å². The Labute approximate surface area is 76.7 Å². The molecule has 0 unspecified atom stereocenters. The van der Waals surface area contributed by atoms with Gasteiger partial charge in [-0.3, -0.25) is 4.99 Å². The van der Waals surface area contributed by atoms with Gasteiger partial charge in [-0.05, 0) is 13.3 Å². The first-order valence-electron chi connectivity index (χ1n) is 4.93. The van der Waals surface area contributed by atoms with Gasteiger partial charge >= 0.3 is 0 Å². The summed E-state index contributed by atoms with van der Waals surface area (Å²) in [6.07, 6.45) is 5.01. The summed E-state index contributed by atoms with van der Waals surface area (Å²) in [5.74, 6) is 1.24. The Bertz CT molecular complexity index is 130. The van der Waals surface area contributed by atoms with Crippen LogP contribution in [0.5, 0.6) is 0 Å². The first-order chi connectivity index (χ1) is 5.76. The number of rotatable bonds is 5. The minimum atomic E-state index is 1.05. The lowest BCUT2D eigenvalue weighted by molar-refractivity contribution is 0.515. The minimum Gasteiger partial charge on any atom is -0.364 e. The van der Waals surface area contributed by atoms with Crippen LogP contribution in [0.2, 0.25) is 0 Å². The highest BCUT2D eigenvalue weighted by Gasteiger charge is 2.01. The molecule has 0 bridgehead atoms. The highest BCUT2D eigenvalue weighted by atomic mass is 15.1. The summed E-state index contributed by atoms with van der Waals surface area (Å²) < 4.78 is 0. The average Bonchev–Trinajstić information content (AvgIpc) is 2.11. The molecule has 0 spiro atoms. The Morgan fingerprint density at radius 1 is 1.25 bits per heavy atom. The van der Waals surface area contributed by atoms with E-state index in [0.29, 0.717) is 0 Å². The first kappa shape index (κ1) is 11.5. The highest BCUT2D eigenvalue weighted by Crippen LogP contribution is 2.02. The van der Waals surface area contributed by atoms with Crippen LogP contribution >= 0.6 is 0 Å². The van der Waals surface area contributed by atoms with Gasteiger partial charge in [-0.25, -0.2) is 0 Å². The fourth-order valence-corrected chi connectivity index (χ4v) is 1.19. The molecule has 0 heterocycles. The van der Waals surface area contributed by atoms with Crippen molar-refractivity contribution >= 4 is 5.84 Å². The van der Waals surface area contributed by atoms with Gasteiger partial charge in [0.2, 0.25) is 0 Å². The van der Waals surface area contributed by atoms with Gasteiger partial charge in [-0.1, -0.05) is 19.8 Å². The zero-order valence-corrected chi connectivity index (χ0v) is 8.93. The normalized spacial score (nSPS) is 11.8. The second-order valence-corrected chi connectivity index (χ2v) is 3.11. The van der Waals surface area contributed by atoms with E-state index in [1.54, 1.807) is 0 Å². The number of aliphatic imine (C=N–C) groups is 1. The molecule has 0 radical (unpaired) electrons. The molecule has 2 heteroatoms. The molecule has 0 aliphatic rings. The molecule has 0 aromatic heterocycles. The number of hydrogen-bond donors (Lipinski definition) is 0. The number of nitrogens with zero attached hydrogens (tertiary/aromatic N) is 2.